The highest BCUT2D eigenvalue weighted by Gasteiger charge is 2.43. The number of pyridine rings is 1. The van der Waals surface area contributed by atoms with Crippen LogP contribution in [0.1, 0.15) is 162 Å². The summed E-state index contributed by atoms with van der Waals surface area (Å²) in [4.78, 5) is 207. The maximum Gasteiger partial charge on any atom is 0.315 e. The number of H-pyrrole nitrogens is 1. The Morgan fingerprint density at radius 3 is 1.98 bits per heavy atom. The number of hydrogen-bond acceptors (Lipinski definition) is 20. The molecule has 4 saturated heterocycles. The summed E-state index contributed by atoms with van der Waals surface area (Å²) in [6.07, 6.45) is 8.93. The topological polar surface area (TPSA) is 478 Å². The lowest BCUT2D eigenvalue weighted by atomic mass is 9.88. The Morgan fingerprint density at radius 2 is 1.28 bits per heavy atom. The molecule has 16 N–H and O–H groups in total. The van der Waals surface area contributed by atoms with Crippen LogP contribution < -0.4 is 74.4 Å². The van der Waals surface area contributed by atoms with Crippen molar-refractivity contribution < 1.29 is 77.0 Å². The molecule has 33 nitrogen and oxygen atoms in total. The molecule has 1 aliphatic carbocycles. The van der Waals surface area contributed by atoms with Crippen molar-refractivity contribution in [3.05, 3.63) is 60.4 Å². The highest BCUT2D eigenvalue weighted by Crippen LogP contribution is 2.35. The van der Waals surface area contributed by atoms with E-state index >= 15 is 0 Å². The molecule has 0 spiro atoms. The number of benzene rings is 1. The Morgan fingerprint density at radius 1 is 0.627 bits per heavy atom. The van der Waals surface area contributed by atoms with Crippen LogP contribution in [0, 0.1) is 17.3 Å². The summed E-state index contributed by atoms with van der Waals surface area (Å²) >= 11 is 1.84. The number of ether oxygens (including phenoxy) is 1. The van der Waals surface area contributed by atoms with Gasteiger partial charge in [-0.05, 0) is 109 Å². The van der Waals surface area contributed by atoms with E-state index in [4.69, 9.17) is 4.74 Å². The Bertz CT molecular complexity index is 3720. The minimum Gasteiger partial charge on any atom is -0.481 e. The summed E-state index contributed by atoms with van der Waals surface area (Å²) in [5, 5.41) is 50.7. The molecule has 110 heavy (non-hydrogen) atoms. The van der Waals surface area contributed by atoms with Crippen LogP contribution in [-0.4, -0.2) is 224 Å². The third-order valence-corrected chi connectivity index (χ3v) is 24.2. The van der Waals surface area contributed by atoms with Crippen molar-refractivity contribution in [3.8, 4) is 0 Å². The predicted molar refractivity (Wildman–Crippen MR) is 414 cm³/mol. The van der Waals surface area contributed by atoms with Gasteiger partial charge in [0.05, 0.1) is 42.2 Å². The lowest BCUT2D eigenvalue weighted by Gasteiger charge is -2.29. The molecule has 1 aromatic carbocycles. The first kappa shape index (κ1) is 86.8. The van der Waals surface area contributed by atoms with Gasteiger partial charge in [0, 0.05) is 103 Å². The van der Waals surface area contributed by atoms with Crippen LogP contribution in [0.5, 0.6) is 0 Å². The summed E-state index contributed by atoms with van der Waals surface area (Å²) in [6.45, 7) is 10.0. The number of carbonyl (C=O) groups excluding carboxylic acids is 13. The molecule has 3 aromatic rings. The number of carboxylic acids is 1. The zero-order valence-electron chi connectivity index (χ0n) is 63.4. The molecule has 8 rings (SSSR count). The summed E-state index contributed by atoms with van der Waals surface area (Å²) in [6, 6.07) is -1.53. The molecule has 14 amide bonds. The number of fused-ring (bicyclic) bond motifs is 9. The zero-order chi connectivity index (χ0) is 79.5. The lowest BCUT2D eigenvalue weighted by molar-refractivity contribution is -0.138. The average molecular weight is 1590 g/mol. The minimum atomic E-state index is -1.56. The number of aliphatic carboxylic acids is 1. The SMILES string of the molecule is CC[C@@H]1NC(=O)[C@H]2CCSSCCC(NC(=O)[C@H](C)NC(=O)[C@H](CNC(=O)C(C)(C)CCOC(C)(C)CCNC(=O)CCCC[C@@H]3SC[C@@H]4NC(=O)N[C@@H]43)CCCCNC(=O)[C@H](Cc3cc4ccccc4cn3)NC1=O)C(=O)N[C@@H](Cc1c[nH]cn1)C(=O)N[C@@H](CC1CC1)C(=O)NCC(=O)N[C@@H](CCC(=O)O)C(=O)N2. The van der Waals surface area contributed by atoms with Gasteiger partial charge < -0.3 is 89.3 Å². The number of amides is 14. The summed E-state index contributed by atoms with van der Waals surface area (Å²) in [5.41, 5.74) is -0.895. The standard InChI is InChI=1S/C74H109N17O16S3/c1-7-49-66(100)88-54(34-47-33-44-14-8-9-15-45(44)36-78-47)64(98)77-27-13-12-16-46(37-80-71(105)73(3,4)26-29-107-74(5,6)25-28-76-58(92)18-11-10-17-57-61-56(40-108-57)90-72(106)91-61)63(97)82-42(2)62(96)85-51-23-30-109-110-31-24-52(68(102)84-49)86-67(101)50(21-22-60(94)95)83-59(93)39-79-65(99)53(32-43-19-20-43)87-70(104)55(89-69(51)103)35-48-38-75-41-81-48/h8-9,14-15,33,36,38,41-43,46,49-57,61H,7,10-13,16-32,34-35,37,39-40H2,1-6H3,(H,75,81)(H,76,92)(H,77,98)(H,79,99)(H,80,105)(H,82,97)(H,83,93)(H,84,102)(H,85,96)(H,86,101)(H,87,104)(H,88,100)(H,89,103)(H,94,95)(H2,90,91,106)/t42-,46-,49-,50-,51?,52+,53-,54-,55-,56-,57-,61-/m0/s1. The highest BCUT2D eigenvalue weighted by molar-refractivity contribution is 8.76. The van der Waals surface area contributed by atoms with Gasteiger partial charge in [-0.3, -0.25) is 67.3 Å². The van der Waals surface area contributed by atoms with Gasteiger partial charge in [0.1, 0.15) is 48.3 Å². The number of rotatable bonds is 25. The van der Waals surface area contributed by atoms with Crippen LogP contribution in [0.25, 0.3) is 10.8 Å². The number of carbonyl (C=O) groups is 14. The molecular weight excluding hydrogens is 1480 g/mol. The summed E-state index contributed by atoms with van der Waals surface area (Å²) < 4.78 is 6.29. The van der Waals surface area contributed by atoms with Gasteiger partial charge in [0.25, 0.3) is 0 Å². The molecule has 1 unspecified atom stereocenters. The van der Waals surface area contributed by atoms with Crippen molar-refractivity contribution in [2.75, 3.05) is 50.0 Å². The summed E-state index contributed by atoms with van der Waals surface area (Å²) in [7, 11) is 2.43. The van der Waals surface area contributed by atoms with Gasteiger partial charge in [-0.25, -0.2) is 9.78 Å². The summed E-state index contributed by atoms with van der Waals surface area (Å²) in [5.74, 6) is -9.53. The monoisotopic (exact) mass is 1590 g/mol. The van der Waals surface area contributed by atoms with Crippen LogP contribution in [0.2, 0.25) is 0 Å². The molecule has 2 aromatic heterocycles. The Labute approximate surface area is 652 Å². The first-order valence-corrected chi connectivity index (χ1v) is 41.7. The van der Waals surface area contributed by atoms with Crippen LogP contribution >= 0.6 is 33.3 Å². The average Bonchev–Trinajstić information content (AvgIpc) is 1.61. The van der Waals surface area contributed by atoms with Crippen LogP contribution in [-0.2, 0) is 79.9 Å². The van der Waals surface area contributed by atoms with Crippen LogP contribution in [0.4, 0.5) is 4.79 Å². The van der Waals surface area contributed by atoms with E-state index in [0.717, 1.165) is 48.6 Å². The quantitative estimate of drug-likeness (QED) is 0.0324. The maximum atomic E-state index is 14.8. The van der Waals surface area contributed by atoms with Gasteiger partial charge in [-0.15, -0.1) is 0 Å². The molecule has 12 atom stereocenters. The molecule has 1 saturated carbocycles. The second-order valence-electron chi connectivity index (χ2n) is 30.1. The number of urea groups is 1. The van der Waals surface area contributed by atoms with E-state index in [1.54, 1.807) is 33.0 Å². The number of nitrogens with zero attached hydrogens (tertiary/aromatic N) is 2. The second kappa shape index (κ2) is 42.6. The first-order chi connectivity index (χ1) is 52.5. The van der Waals surface area contributed by atoms with Gasteiger partial charge >= 0.3 is 12.0 Å². The van der Waals surface area contributed by atoms with Crippen molar-refractivity contribution >= 4 is 127 Å². The zero-order valence-corrected chi connectivity index (χ0v) is 65.9. The number of nitrogens with one attached hydrogen (secondary N) is 15. The molecule has 36 heteroatoms. The fourth-order valence-electron chi connectivity index (χ4n) is 13.1. The van der Waals surface area contributed by atoms with E-state index in [1.165, 1.54) is 41.0 Å². The van der Waals surface area contributed by atoms with Gasteiger partial charge in [-0.1, -0.05) is 92.3 Å². The van der Waals surface area contributed by atoms with Crippen molar-refractivity contribution in [1.82, 2.24) is 89.4 Å². The molecule has 4 aliphatic heterocycles. The van der Waals surface area contributed by atoms with E-state index in [1.807, 2.05) is 49.9 Å². The molecule has 2 bridgehead atoms. The fraction of sp³-hybridized carbons (Fsp3) is 0.649. The number of carboxylic acid groups (broad SMARTS) is 1. The minimum absolute atomic E-state index is 0.0112. The van der Waals surface area contributed by atoms with Crippen molar-refractivity contribution in [2.45, 2.75) is 235 Å². The van der Waals surface area contributed by atoms with E-state index in [9.17, 15) is 72.2 Å². The predicted octanol–water partition coefficient (Wildman–Crippen LogP) is 1.48. The maximum absolute atomic E-state index is 14.8. The van der Waals surface area contributed by atoms with Crippen LogP contribution in [0.15, 0.2) is 49.1 Å². The fourth-order valence-corrected chi connectivity index (χ4v) is 16.9. The Balaban J connectivity index is 1.00. The number of unbranched alkanes of at least 4 members (excludes halogenated alkanes) is 1. The largest absolute Gasteiger partial charge is 0.481 e. The Kier molecular flexibility index (Phi) is 33.6. The number of imidazole rings is 1. The van der Waals surface area contributed by atoms with Gasteiger partial charge in [-0.2, -0.15) is 11.8 Å². The van der Waals surface area contributed by atoms with E-state index in [2.05, 4.69) is 89.4 Å². The second-order valence-corrected chi connectivity index (χ2v) is 34.0. The van der Waals surface area contributed by atoms with Crippen molar-refractivity contribution in [2.24, 2.45) is 17.3 Å². The van der Waals surface area contributed by atoms with Gasteiger partial charge in [0.2, 0.25) is 70.9 Å². The highest BCUT2D eigenvalue weighted by atomic mass is 33.1. The molecule has 5 aliphatic rings. The molecule has 6 heterocycles. The lowest BCUT2D eigenvalue weighted by Crippen LogP contribution is -2.59. The number of hydrogen-bond donors (Lipinski definition) is 16. The molecular formula is C74H109N17O16S3. The molecule has 5 fully saturated rings. The molecule has 0 radical (unpaired) electrons. The van der Waals surface area contributed by atoms with Crippen molar-refractivity contribution in [1.29, 1.82) is 0 Å². The van der Waals surface area contributed by atoms with Gasteiger partial charge in [0.15, 0.2) is 0 Å². The van der Waals surface area contributed by atoms with Crippen LogP contribution in [0.3, 0.4) is 0 Å². The van der Waals surface area contributed by atoms with E-state index in [0.29, 0.717) is 36.0 Å². The third-order valence-electron chi connectivity index (χ3n) is 20.2. The Hall–Kier alpha value is -8.77. The first-order valence-electron chi connectivity index (χ1n) is 38.2. The number of thioether (sulfide) groups is 1. The molecule has 604 valence electrons. The van der Waals surface area contributed by atoms with Crippen molar-refractivity contribution in [3.63, 3.8) is 0 Å². The third kappa shape index (κ3) is 28.2. The van der Waals surface area contributed by atoms with E-state index in [-0.39, 0.29) is 125 Å². The number of aromatic nitrogens is 3. The smallest absolute Gasteiger partial charge is 0.315 e. The van der Waals surface area contributed by atoms with E-state index < -0.39 is 156 Å². The number of aromatic amines is 1. The normalized spacial score (nSPS) is 26.0.